The Kier molecular flexibility index (Phi) is 7.10. The fourth-order valence-corrected chi connectivity index (χ4v) is 7.12. The van der Waals surface area contributed by atoms with Crippen molar-refractivity contribution in [1.82, 2.24) is 10.6 Å². The highest BCUT2D eigenvalue weighted by molar-refractivity contribution is 7.12. The molecular formula is C23H34N2O2S2. The first-order valence-corrected chi connectivity index (χ1v) is 12.6. The molecule has 0 radical (unpaired) electrons. The van der Waals surface area contributed by atoms with Crippen molar-refractivity contribution in [3.8, 4) is 0 Å². The van der Waals surface area contributed by atoms with Crippen LogP contribution in [0.25, 0.3) is 0 Å². The van der Waals surface area contributed by atoms with Crippen LogP contribution in [0.4, 0.5) is 0 Å². The predicted molar refractivity (Wildman–Crippen MR) is 123 cm³/mol. The number of ether oxygens (including phenoxy) is 2. The van der Waals surface area contributed by atoms with Gasteiger partial charge in [0.25, 0.3) is 0 Å². The second-order valence-electron chi connectivity index (χ2n) is 8.24. The van der Waals surface area contributed by atoms with Crippen molar-refractivity contribution in [2.24, 2.45) is 0 Å². The third-order valence-electron chi connectivity index (χ3n) is 6.17. The van der Waals surface area contributed by atoms with E-state index in [1.807, 2.05) is 29.7 Å². The number of hydrogen-bond acceptors (Lipinski definition) is 6. The Balaban J connectivity index is 1.38. The summed E-state index contributed by atoms with van der Waals surface area (Å²) in [6.45, 7) is 10.2. The van der Waals surface area contributed by atoms with Crippen molar-refractivity contribution in [2.75, 3.05) is 33.3 Å². The molecule has 0 spiro atoms. The quantitative estimate of drug-likeness (QED) is 0.643. The Labute approximate surface area is 183 Å². The monoisotopic (exact) mass is 434 g/mol. The molecule has 0 aliphatic carbocycles. The standard InChI is InChI=1S/C23H34N2O2S2/c1-5-6-16-13-28-21-9-17(27-19(11-24-4)23(16)21)10-25-12-18-22-14(2)15(3)29-20(22)7-8-26-18/h13,17-19,24-25H,5-12H2,1-4H3. The van der Waals surface area contributed by atoms with Gasteiger partial charge in [-0.2, -0.15) is 0 Å². The summed E-state index contributed by atoms with van der Waals surface area (Å²) in [6, 6.07) is 0. The van der Waals surface area contributed by atoms with E-state index in [4.69, 9.17) is 9.47 Å². The van der Waals surface area contributed by atoms with Crippen molar-refractivity contribution >= 4 is 22.7 Å². The summed E-state index contributed by atoms with van der Waals surface area (Å²) < 4.78 is 12.7. The Bertz CT molecular complexity index is 829. The molecule has 4 heterocycles. The van der Waals surface area contributed by atoms with Gasteiger partial charge in [-0.15, -0.1) is 22.7 Å². The zero-order valence-electron chi connectivity index (χ0n) is 18.1. The maximum Gasteiger partial charge on any atom is 0.0967 e. The molecule has 2 aliphatic heterocycles. The summed E-state index contributed by atoms with van der Waals surface area (Å²) >= 11 is 3.87. The highest BCUT2D eigenvalue weighted by Gasteiger charge is 2.31. The lowest BCUT2D eigenvalue weighted by atomic mass is 9.96. The first kappa shape index (κ1) is 21.5. The van der Waals surface area contributed by atoms with Crippen molar-refractivity contribution in [1.29, 1.82) is 0 Å². The number of thiophene rings is 2. The number of hydrogen-bond donors (Lipinski definition) is 2. The smallest absolute Gasteiger partial charge is 0.0967 e. The SMILES string of the molecule is CCCc1csc2c1C(CNC)OC(CNCC1OCCc3sc(C)c(C)c31)C2. The topological polar surface area (TPSA) is 42.5 Å². The van der Waals surface area contributed by atoms with E-state index in [0.717, 1.165) is 45.5 Å². The largest absolute Gasteiger partial charge is 0.372 e. The second-order valence-corrected chi connectivity index (χ2v) is 10.5. The molecule has 4 rings (SSSR count). The first-order valence-electron chi connectivity index (χ1n) is 10.9. The summed E-state index contributed by atoms with van der Waals surface area (Å²) in [5.41, 5.74) is 5.82. The van der Waals surface area contributed by atoms with Crippen LogP contribution in [0.1, 0.15) is 62.4 Å². The minimum Gasteiger partial charge on any atom is -0.372 e. The summed E-state index contributed by atoms with van der Waals surface area (Å²) in [5, 5.41) is 9.35. The molecule has 2 aromatic heterocycles. The van der Waals surface area contributed by atoms with Gasteiger partial charge in [-0.25, -0.2) is 0 Å². The van der Waals surface area contributed by atoms with Gasteiger partial charge < -0.3 is 20.1 Å². The summed E-state index contributed by atoms with van der Waals surface area (Å²) in [5.74, 6) is 0. The fraction of sp³-hybridized carbons (Fsp3) is 0.652. The van der Waals surface area contributed by atoms with Crippen molar-refractivity contribution < 1.29 is 9.47 Å². The lowest BCUT2D eigenvalue weighted by Crippen LogP contribution is -2.39. The lowest BCUT2D eigenvalue weighted by molar-refractivity contribution is -0.0249. The average Bonchev–Trinajstić information content (AvgIpc) is 3.24. The number of nitrogens with one attached hydrogen (secondary N) is 2. The average molecular weight is 435 g/mol. The van der Waals surface area contributed by atoms with E-state index in [1.54, 1.807) is 0 Å². The molecule has 160 valence electrons. The van der Waals surface area contributed by atoms with E-state index in [9.17, 15) is 0 Å². The lowest BCUT2D eigenvalue weighted by Gasteiger charge is -2.32. The maximum absolute atomic E-state index is 6.53. The number of aryl methyl sites for hydroxylation is 2. The molecular weight excluding hydrogens is 400 g/mol. The molecule has 0 fully saturated rings. The van der Waals surface area contributed by atoms with Gasteiger partial charge in [0.2, 0.25) is 0 Å². The minimum atomic E-state index is 0.169. The van der Waals surface area contributed by atoms with E-state index < -0.39 is 0 Å². The Morgan fingerprint density at radius 1 is 1.10 bits per heavy atom. The molecule has 4 nitrogen and oxygen atoms in total. The molecule has 0 saturated heterocycles. The molecule has 2 aromatic rings. The van der Waals surface area contributed by atoms with Crippen LogP contribution in [0.2, 0.25) is 0 Å². The predicted octanol–water partition coefficient (Wildman–Crippen LogP) is 4.48. The maximum atomic E-state index is 6.53. The van der Waals surface area contributed by atoms with Crippen molar-refractivity contribution in [3.05, 3.63) is 42.3 Å². The van der Waals surface area contributed by atoms with Gasteiger partial charge in [-0.1, -0.05) is 13.3 Å². The van der Waals surface area contributed by atoms with Crippen LogP contribution >= 0.6 is 22.7 Å². The third kappa shape index (κ3) is 4.48. The minimum absolute atomic E-state index is 0.169. The van der Waals surface area contributed by atoms with Crippen molar-refractivity contribution in [2.45, 2.75) is 64.8 Å². The number of rotatable bonds is 8. The van der Waals surface area contributed by atoms with Crippen LogP contribution in [0.5, 0.6) is 0 Å². The molecule has 0 bridgehead atoms. The Morgan fingerprint density at radius 2 is 1.97 bits per heavy atom. The van der Waals surface area contributed by atoms with Gasteiger partial charge in [0.15, 0.2) is 0 Å². The number of fused-ring (bicyclic) bond motifs is 2. The van der Waals surface area contributed by atoms with E-state index in [1.165, 1.54) is 43.3 Å². The zero-order valence-corrected chi connectivity index (χ0v) is 19.7. The molecule has 6 heteroatoms. The highest BCUT2D eigenvalue weighted by Crippen LogP contribution is 2.38. The fourth-order valence-electron chi connectivity index (χ4n) is 4.70. The van der Waals surface area contributed by atoms with Gasteiger partial charge in [0.1, 0.15) is 0 Å². The van der Waals surface area contributed by atoms with Crippen molar-refractivity contribution in [3.63, 3.8) is 0 Å². The van der Waals surface area contributed by atoms with Crippen LogP contribution in [-0.4, -0.2) is 39.4 Å². The summed E-state index contributed by atoms with van der Waals surface area (Å²) in [7, 11) is 2.01. The Hall–Kier alpha value is -0.760. The normalized spacial score (nSPS) is 23.8. The Morgan fingerprint density at radius 3 is 2.76 bits per heavy atom. The van der Waals surface area contributed by atoms with Crippen LogP contribution < -0.4 is 10.6 Å². The molecule has 3 unspecified atom stereocenters. The number of likely N-dealkylation sites (N-methyl/N-ethyl adjacent to an activating group) is 1. The van der Waals surface area contributed by atoms with Gasteiger partial charge in [-0.3, -0.25) is 0 Å². The van der Waals surface area contributed by atoms with Gasteiger partial charge in [0, 0.05) is 47.1 Å². The summed E-state index contributed by atoms with van der Waals surface area (Å²) in [4.78, 5) is 4.48. The third-order valence-corrected chi connectivity index (χ3v) is 8.53. The molecule has 2 N–H and O–H groups in total. The van der Waals surface area contributed by atoms with Crippen LogP contribution in [-0.2, 0) is 28.7 Å². The molecule has 29 heavy (non-hydrogen) atoms. The molecule has 2 aliphatic rings. The van der Waals surface area contributed by atoms with E-state index in [0.29, 0.717) is 0 Å². The molecule has 0 amide bonds. The molecule has 3 atom stereocenters. The van der Waals surface area contributed by atoms with Crippen LogP contribution in [0.15, 0.2) is 5.38 Å². The molecule has 0 saturated carbocycles. The highest BCUT2D eigenvalue weighted by atomic mass is 32.1. The zero-order chi connectivity index (χ0) is 20.4. The summed E-state index contributed by atoms with van der Waals surface area (Å²) in [6.07, 6.45) is 4.98. The first-order chi connectivity index (χ1) is 14.1. The molecule has 0 aromatic carbocycles. The van der Waals surface area contributed by atoms with Gasteiger partial charge in [-0.05, 0) is 54.9 Å². The van der Waals surface area contributed by atoms with E-state index >= 15 is 0 Å². The van der Waals surface area contributed by atoms with Gasteiger partial charge in [0.05, 0.1) is 24.9 Å². The van der Waals surface area contributed by atoms with E-state index in [-0.39, 0.29) is 18.3 Å². The van der Waals surface area contributed by atoms with Crippen LogP contribution in [0, 0.1) is 13.8 Å². The van der Waals surface area contributed by atoms with Gasteiger partial charge >= 0.3 is 0 Å². The second kappa shape index (κ2) is 9.58. The van der Waals surface area contributed by atoms with Crippen LogP contribution in [0.3, 0.4) is 0 Å². The van der Waals surface area contributed by atoms with E-state index in [2.05, 4.69) is 36.8 Å².